The van der Waals surface area contributed by atoms with Gasteiger partial charge in [0, 0.05) is 16.7 Å². The molecule has 0 atom stereocenters. The molecular weight excluding hydrogens is 392 g/mol. The lowest BCUT2D eigenvalue weighted by Gasteiger charge is -2.19. The summed E-state index contributed by atoms with van der Waals surface area (Å²) in [6.07, 6.45) is 0. The summed E-state index contributed by atoms with van der Waals surface area (Å²) >= 11 is 0. The Balaban J connectivity index is 1.61. The summed E-state index contributed by atoms with van der Waals surface area (Å²) in [5, 5.41) is 0. The average Bonchev–Trinajstić information content (AvgIpc) is 2.76. The van der Waals surface area contributed by atoms with E-state index in [1.54, 1.807) is 36.4 Å². The lowest BCUT2D eigenvalue weighted by molar-refractivity contribution is 0.0474. The Hall–Kier alpha value is -3.58. The summed E-state index contributed by atoms with van der Waals surface area (Å²) in [4.78, 5) is 36.7. The number of hydrogen-bond donors (Lipinski definition) is 0. The molecule has 3 aromatic carbocycles. The number of fused-ring (bicyclic) bond motifs is 2. The lowest BCUT2D eigenvalue weighted by atomic mass is 10.0. The van der Waals surface area contributed by atoms with Gasteiger partial charge in [0.25, 0.3) is 0 Å². The molecule has 1 aliphatic rings. The van der Waals surface area contributed by atoms with E-state index in [0.29, 0.717) is 5.56 Å². The van der Waals surface area contributed by atoms with Crippen LogP contribution in [-0.2, 0) is 14.6 Å². The smallest absolute Gasteiger partial charge is 0.338 e. The Morgan fingerprint density at radius 3 is 2.17 bits per heavy atom. The van der Waals surface area contributed by atoms with Gasteiger partial charge in [0.1, 0.15) is 0 Å². The molecule has 0 radical (unpaired) electrons. The molecule has 0 spiro atoms. The molecule has 0 unspecified atom stereocenters. The van der Waals surface area contributed by atoms with Crippen LogP contribution in [0.5, 0.6) is 0 Å². The zero-order chi connectivity index (χ0) is 20.6. The molecule has 0 amide bonds. The maximum absolute atomic E-state index is 12.9. The first-order valence-electron chi connectivity index (χ1n) is 8.68. The molecule has 0 saturated heterocycles. The summed E-state index contributed by atoms with van der Waals surface area (Å²) in [6.45, 7) is -0.478. The molecule has 29 heavy (non-hydrogen) atoms. The quantitative estimate of drug-likeness (QED) is 0.382. The highest BCUT2D eigenvalue weighted by molar-refractivity contribution is 7.91. The van der Waals surface area contributed by atoms with Gasteiger partial charge in [0.2, 0.25) is 9.84 Å². The molecule has 3 aromatic rings. The van der Waals surface area contributed by atoms with E-state index >= 15 is 0 Å². The Morgan fingerprint density at radius 2 is 1.41 bits per heavy atom. The summed E-state index contributed by atoms with van der Waals surface area (Å²) in [6, 6.07) is 18.0. The second-order valence-electron chi connectivity index (χ2n) is 6.40. The van der Waals surface area contributed by atoms with Gasteiger partial charge in [0.15, 0.2) is 18.2 Å². The first kappa shape index (κ1) is 18.8. The molecule has 1 aliphatic heterocycles. The van der Waals surface area contributed by atoms with E-state index in [0.717, 1.165) is 6.07 Å². The van der Waals surface area contributed by atoms with Crippen LogP contribution in [0.25, 0.3) is 0 Å². The maximum atomic E-state index is 12.9. The zero-order valence-corrected chi connectivity index (χ0v) is 15.8. The summed E-state index contributed by atoms with van der Waals surface area (Å²) in [7, 11) is -3.96. The van der Waals surface area contributed by atoms with E-state index in [9.17, 15) is 22.8 Å². The summed E-state index contributed by atoms with van der Waals surface area (Å²) < 4.78 is 30.8. The number of esters is 1. The van der Waals surface area contributed by atoms with E-state index < -0.39 is 28.2 Å². The van der Waals surface area contributed by atoms with E-state index in [-0.39, 0.29) is 32.3 Å². The average molecular weight is 406 g/mol. The Labute approximate surface area is 166 Å². The number of carbonyl (C=O) groups is 3. The molecular formula is C22H14O6S. The normalized spacial score (nSPS) is 13.9. The molecule has 0 saturated carbocycles. The number of Topliss-reactive ketones (excluding diaryl/α,β-unsaturated/α-hetero) is 1. The molecule has 0 fully saturated rings. The minimum absolute atomic E-state index is 0.000567. The largest absolute Gasteiger partial charge is 0.454 e. The Bertz CT molecular complexity index is 1260. The third-order valence-corrected chi connectivity index (χ3v) is 6.45. The number of ketones is 2. The Kier molecular flexibility index (Phi) is 4.60. The molecule has 0 N–H and O–H groups in total. The molecule has 1 heterocycles. The number of carbonyl (C=O) groups excluding carboxylic acids is 3. The van der Waals surface area contributed by atoms with Gasteiger partial charge in [-0.1, -0.05) is 42.5 Å². The van der Waals surface area contributed by atoms with E-state index in [1.807, 2.05) is 0 Å². The van der Waals surface area contributed by atoms with Gasteiger partial charge in [0.05, 0.1) is 15.4 Å². The third kappa shape index (κ3) is 3.25. The van der Waals surface area contributed by atoms with Crippen LogP contribution in [-0.4, -0.2) is 32.6 Å². The number of sulfone groups is 1. The van der Waals surface area contributed by atoms with Gasteiger partial charge in [-0.15, -0.1) is 0 Å². The second kappa shape index (κ2) is 7.10. The number of hydrogen-bond acceptors (Lipinski definition) is 6. The Morgan fingerprint density at radius 1 is 0.759 bits per heavy atom. The van der Waals surface area contributed by atoms with Gasteiger partial charge in [-0.05, 0) is 30.3 Å². The highest BCUT2D eigenvalue weighted by Gasteiger charge is 2.35. The topological polar surface area (TPSA) is 94.6 Å². The highest BCUT2D eigenvalue weighted by Crippen LogP contribution is 2.34. The second-order valence-corrected chi connectivity index (χ2v) is 8.29. The lowest BCUT2D eigenvalue weighted by Crippen LogP contribution is -2.21. The SMILES string of the molecule is O=C(COC(=O)c1ccc2c(c1)S(=O)(=O)c1ccccc1C2=O)c1ccccc1. The van der Waals surface area contributed by atoms with Gasteiger partial charge in [-0.2, -0.15) is 0 Å². The maximum Gasteiger partial charge on any atom is 0.338 e. The predicted octanol–water partition coefficient (Wildman–Crippen LogP) is 3.10. The van der Waals surface area contributed by atoms with E-state index in [4.69, 9.17) is 4.74 Å². The van der Waals surface area contributed by atoms with Crippen molar-refractivity contribution < 1.29 is 27.5 Å². The van der Waals surface area contributed by atoms with Crippen LogP contribution < -0.4 is 0 Å². The van der Waals surface area contributed by atoms with Crippen LogP contribution in [0.1, 0.15) is 36.6 Å². The fraction of sp³-hybridized carbons (Fsp3) is 0.0455. The minimum atomic E-state index is -3.96. The molecule has 6 nitrogen and oxygen atoms in total. The van der Waals surface area contributed by atoms with Gasteiger partial charge >= 0.3 is 5.97 Å². The number of ether oxygens (including phenoxy) is 1. The summed E-state index contributed by atoms with van der Waals surface area (Å²) in [5.41, 5.74) is 0.445. The number of benzene rings is 3. The third-order valence-electron chi connectivity index (χ3n) is 4.60. The van der Waals surface area contributed by atoms with Crippen molar-refractivity contribution in [2.75, 3.05) is 6.61 Å². The van der Waals surface area contributed by atoms with Crippen LogP contribution in [0.2, 0.25) is 0 Å². The van der Waals surface area contributed by atoms with Crippen LogP contribution in [0.3, 0.4) is 0 Å². The van der Waals surface area contributed by atoms with Crippen molar-refractivity contribution in [3.63, 3.8) is 0 Å². The van der Waals surface area contributed by atoms with E-state index in [2.05, 4.69) is 0 Å². The summed E-state index contributed by atoms with van der Waals surface area (Å²) in [5.74, 6) is -1.66. The van der Waals surface area contributed by atoms with Gasteiger partial charge < -0.3 is 4.74 Å². The van der Waals surface area contributed by atoms with Crippen molar-refractivity contribution in [3.8, 4) is 0 Å². The van der Waals surface area contributed by atoms with Gasteiger partial charge in [-0.25, -0.2) is 13.2 Å². The zero-order valence-electron chi connectivity index (χ0n) is 15.0. The van der Waals surface area contributed by atoms with Crippen molar-refractivity contribution in [1.82, 2.24) is 0 Å². The molecule has 0 aliphatic carbocycles. The van der Waals surface area contributed by atoms with Gasteiger partial charge in [-0.3, -0.25) is 9.59 Å². The van der Waals surface area contributed by atoms with Crippen molar-refractivity contribution in [2.24, 2.45) is 0 Å². The number of rotatable bonds is 4. The van der Waals surface area contributed by atoms with Crippen LogP contribution in [0.4, 0.5) is 0 Å². The first-order chi connectivity index (χ1) is 13.9. The van der Waals surface area contributed by atoms with Crippen molar-refractivity contribution in [3.05, 3.63) is 95.1 Å². The minimum Gasteiger partial charge on any atom is -0.454 e. The molecule has 4 rings (SSSR count). The molecule has 7 heteroatoms. The molecule has 0 bridgehead atoms. The molecule has 144 valence electrons. The van der Waals surface area contributed by atoms with Crippen LogP contribution >= 0.6 is 0 Å². The van der Waals surface area contributed by atoms with Crippen LogP contribution in [0.15, 0.2) is 82.6 Å². The van der Waals surface area contributed by atoms with E-state index in [1.165, 1.54) is 30.3 Å². The highest BCUT2D eigenvalue weighted by atomic mass is 32.2. The van der Waals surface area contributed by atoms with Crippen molar-refractivity contribution in [1.29, 1.82) is 0 Å². The van der Waals surface area contributed by atoms with Crippen LogP contribution in [0, 0.1) is 0 Å². The molecule has 0 aromatic heterocycles. The first-order valence-corrected chi connectivity index (χ1v) is 10.2. The standard InChI is InChI=1S/C22H14O6S/c23-18(14-6-2-1-3-7-14)13-28-22(25)15-10-11-17-20(12-15)29(26,27)19-9-5-4-8-16(19)21(17)24/h1-12H,13H2. The fourth-order valence-electron chi connectivity index (χ4n) is 3.13. The monoisotopic (exact) mass is 406 g/mol. The fourth-order valence-corrected chi connectivity index (χ4v) is 4.81. The predicted molar refractivity (Wildman–Crippen MR) is 103 cm³/mol. The van der Waals surface area contributed by atoms with Crippen molar-refractivity contribution >= 4 is 27.4 Å². The van der Waals surface area contributed by atoms with Crippen molar-refractivity contribution in [2.45, 2.75) is 9.79 Å².